The first-order chi connectivity index (χ1) is 13.5. The van der Waals surface area contributed by atoms with E-state index in [-0.39, 0.29) is 22.9 Å². The molecule has 0 unspecified atom stereocenters. The highest BCUT2D eigenvalue weighted by Crippen LogP contribution is 2.36. The fourth-order valence-corrected chi connectivity index (χ4v) is 4.51. The molecule has 1 fully saturated rings. The second-order valence-corrected chi connectivity index (χ2v) is 8.63. The predicted molar refractivity (Wildman–Crippen MR) is 109 cm³/mol. The minimum absolute atomic E-state index is 0.0399. The van der Waals surface area contributed by atoms with Gasteiger partial charge in [0.25, 0.3) is 5.91 Å². The first-order valence-electron chi connectivity index (χ1n) is 9.40. The van der Waals surface area contributed by atoms with Crippen molar-refractivity contribution in [2.75, 3.05) is 29.9 Å². The summed E-state index contributed by atoms with van der Waals surface area (Å²) in [5, 5.41) is 5.73. The van der Waals surface area contributed by atoms with E-state index >= 15 is 0 Å². The zero-order valence-electron chi connectivity index (χ0n) is 15.6. The molecule has 2 aromatic rings. The molecule has 2 aliphatic rings. The molecule has 0 aliphatic carbocycles. The van der Waals surface area contributed by atoms with Crippen molar-refractivity contribution in [2.24, 2.45) is 5.92 Å². The number of amides is 2. The van der Waals surface area contributed by atoms with Gasteiger partial charge in [-0.1, -0.05) is 0 Å². The Morgan fingerprint density at radius 1 is 1.29 bits per heavy atom. The molecule has 2 aliphatic heterocycles. The summed E-state index contributed by atoms with van der Waals surface area (Å²) in [7, 11) is 0. The summed E-state index contributed by atoms with van der Waals surface area (Å²) in [6.45, 7) is 4.18. The Balaban J connectivity index is 1.33. The first kappa shape index (κ1) is 18.8. The van der Waals surface area contributed by atoms with E-state index in [1.807, 2.05) is 13.0 Å². The molecule has 28 heavy (non-hydrogen) atoms. The lowest BCUT2D eigenvalue weighted by Crippen LogP contribution is -2.31. The van der Waals surface area contributed by atoms with E-state index < -0.39 is 0 Å². The number of benzene rings is 2. The molecule has 2 atom stereocenters. The van der Waals surface area contributed by atoms with Gasteiger partial charge in [-0.25, -0.2) is 4.39 Å². The van der Waals surface area contributed by atoms with Gasteiger partial charge in [0, 0.05) is 35.8 Å². The zero-order valence-corrected chi connectivity index (χ0v) is 16.4. The Labute approximate surface area is 167 Å². The molecule has 0 aromatic heterocycles. The summed E-state index contributed by atoms with van der Waals surface area (Å²) < 4.78 is 13.1. The molecule has 2 N–H and O–H groups in total. The van der Waals surface area contributed by atoms with Gasteiger partial charge < -0.3 is 15.5 Å². The number of rotatable bonds is 4. The van der Waals surface area contributed by atoms with Crippen molar-refractivity contribution in [3.8, 4) is 0 Å². The molecule has 0 radical (unpaired) electrons. The van der Waals surface area contributed by atoms with Gasteiger partial charge in [-0.15, -0.1) is 11.8 Å². The van der Waals surface area contributed by atoms with Crippen molar-refractivity contribution >= 4 is 35.0 Å². The highest BCUT2D eigenvalue weighted by atomic mass is 32.2. The van der Waals surface area contributed by atoms with E-state index in [9.17, 15) is 14.0 Å². The molecule has 2 amide bonds. The summed E-state index contributed by atoms with van der Waals surface area (Å²) in [6.07, 6.45) is 0.979. The topological polar surface area (TPSA) is 61.4 Å². The highest BCUT2D eigenvalue weighted by Gasteiger charge is 2.25. The summed E-state index contributed by atoms with van der Waals surface area (Å²) in [6, 6.07) is 11.9. The normalized spacial score (nSPS) is 21.2. The van der Waals surface area contributed by atoms with Crippen molar-refractivity contribution in [2.45, 2.75) is 23.5 Å². The van der Waals surface area contributed by atoms with Crippen molar-refractivity contribution < 1.29 is 14.0 Å². The van der Waals surface area contributed by atoms with Crippen LogP contribution >= 0.6 is 11.8 Å². The quantitative estimate of drug-likeness (QED) is 0.826. The molecule has 146 valence electrons. The number of halogens is 1. The van der Waals surface area contributed by atoms with Crippen LogP contribution in [-0.4, -0.2) is 36.7 Å². The van der Waals surface area contributed by atoms with Crippen molar-refractivity contribution in [3.63, 3.8) is 0 Å². The molecule has 2 aromatic carbocycles. The van der Waals surface area contributed by atoms with Crippen LogP contribution in [0.1, 0.15) is 23.7 Å². The van der Waals surface area contributed by atoms with Gasteiger partial charge >= 0.3 is 0 Å². The van der Waals surface area contributed by atoms with E-state index in [1.165, 1.54) is 23.9 Å². The second kappa shape index (κ2) is 7.83. The Hall–Kier alpha value is -2.54. The minimum Gasteiger partial charge on any atom is -0.371 e. The molecule has 0 bridgehead atoms. The number of nitrogens with one attached hydrogen (secondary N) is 2. The first-order valence-corrected chi connectivity index (χ1v) is 10.3. The third-order valence-corrected chi connectivity index (χ3v) is 6.38. The lowest BCUT2D eigenvalue weighted by atomic mass is 10.1. The maximum absolute atomic E-state index is 13.1. The lowest BCUT2D eigenvalue weighted by molar-refractivity contribution is -0.115. The monoisotopic (exact) mass is 399 g/mol. The van der Waals surface area contributed by atoms with Gasteiger partial charge in [-0.3, -0.25) is 9.59 Å². The average molecular weight is 399 g/mol. The molecular weight excluding hydrogens is 377 g/mol. The minimum atomic E-state index is -0.235. The number of nitrogens with zero attached hydrogens (tertiary/aromatic N) is 1. The van der Waals surface area contributed by atoms with Gasteiger partial charge in [-0.2, -0.15) is 0 Å². The van der Waals surface area contributed by atoms with Gasteiger partial charge in [0.1, 0.15) is 5.82 Å². The molecule has 1 saturated heterocycles. The fourth-order valence-electron chi connectivity index (χ4n) is 3.57. The molecule has 2 heterocycles. The van der Waals surface area contributed by atoms with Crippen LogP contribution in [0.15, 0.2) is 47.4 Å². The van der Waals surface area contributed by atoms with Crippen LogP contribution in [0.5, 0.6) is 0 Å². The summed E-state index contributed by atoms with van der Waals surface area (Å²) >= 11 is 1.50. The van der Waals surface area contributed by atoms with Crippen molar-refractivity contribution in [1.29, 1.82) is 0 Å². The fraction of sp³-hybridized carbons (Fsp3) is 0.333. The number of fused-ring (bicyclic) bond motifs is 1. The highest BCUT2D eigenvalue weighted by molar-refractivity contribution is 8.00. The Morgan fingerprint density at radius 3 is 2.86 bits per heavy atom. The molecule has 7 heteroatoms. The van der Waals surface area contributed by atoms with Crippen LogP contribution in [0, 0.1) is 11.7 Å². The van der Waals surface area contributed by atoms with E-state index in [0.717, 1.165) is 30.1 Å². The summed E-state index contributed by atoms with van der Waals surface area (Å²) in [4.78, 5) is 27.6. The van der Waals surface area contributed by atoms with Gasteiger partial charge in [0.05, 0.1) is 10.9 Å². The second-order valence-electron chi connectivity index (χ2n) is 7.25. The van der Waals surface area contributed by atoms with Gasteiger partial charge in [0.15, 0.2) is 0 Å². The summed E-state index contributed by atoms with van der Waals surface area (Å²) in [5.74, 6) is -0.0635. The standard InChI is InChI=1S/C21H22FN3O2S/c1-13-20(26)24-18-10-15(2-7-19(18)28-13)21(27)23-11-14-8-9-25(12-14)17-5-3-16(22)4-6-17/h2-7,10,13-14H,8-9,11-12H2,1H3,(H,23,27)(H,24,26)/t13-,14+/m1/s1. The molecule has 0 spiro atoms. The zero-order chi connectivity index (χ0) is 19.7. The van der Waals surface area contributed by atoms with Crippen LogP contribution in [0.25, 0.3) is 0 Å². The van der Waals surface area contributed by atoms with Gasteiger partial charge in [0.2, 0.25) is 5.91 Å². The maximum atomic E-state index is 13.1. The van der Waals surface area contributed by atoms with E-state index in [1.54, 1.807) is 24.3 Å². The largest absolute Gasteiger partial charge is 0.371 e. The molecular formula is C21H22FN3O2S. The Kier molecular flexibility index (Phi) is 5.26. The van der Waals surface area contributed by atoms with Crippen LogP contribution in [0.4, 0.5) is 15.8 Å². The molecule has 4 rings (SSSR count). The third-order valence-electron chi connectivity index (χ3n) is 5.20. The maximum Gasteiger partial charge on any atom is 0.251 e. The number of hydrogen-bond acceptors (Lipinski definition) is 4. The molecule has 0 saturated carbocycles. The third kappa shape index (κ3) is 3.99. The summed E-state index contributed by atoms with van der Waals surface area (Å²) in [5.41, 5.74) is 2.25. The Morgan fingerprint density at radius 2 is 2.07 bits per heavy atom. The number of thioether (sulfide) groups is 1. The predicted octanol–water partition coefficient (Wildman–Crippen LogP) is 3.51. The van der Waals surface area contributed by atoms with Gasteiger partial charge in [-0.05, 0) is 61.7 Å². The van der Waals surface area contributed by atoms with Crippen LogP contribution < -0.4 is 15.5 Å². The van der Waals surface area contributed by atoms with E-state index in [2.05, 4.69) is 15.5 Å². The average Bonchev–Trinajstić information content (AvgIpc) is 3.16. The van der Waals surface area contributed by atoms with Crippen molar-refractivity contribution in [3.05, 3.63) is 53.8 Å². The smallest absolute Gasteiger partial charge is 0.251 e. The number of hydrogen-bond donors (Lipinski definition) is 2. The molecule has 5 nitrogen and oxygen atoms in total. The van der Waals surface area contributed by atoms with Crippen LogP contribution in [0.2, 0.25) is 0 Å². The Bertz CT molecular complexity index is 903. The SMILES string of the molecule is C[C@H]1Sc2ccc(C(=O)NC[C@@H]3CCN(c4ccc(F)cc4)C3)cc2NC1=O. The van der Waals surface area contributed by atoms with Crippen molar-refractivity contribution in [1.82, 2.24) is 5.32 Å². The number of anilines is 2. The lowest BCUT2D eigenvalue weighted by Gasteiger charge is -2.22. The number of carbonyl (C=O) groups excluding carboxylic acids is 2. The van der Waals surface area contributed by atoms with Crippen LogP contribution in [0.3, 0.4) is 0 Å². The van der Waals surface area contributed by atoms with E-state index in [0.29, 0.717) is 23.7 Å². The van der Waals surface area contributed by atoms with Crippen LogP contribution in [-0.2, 0) is 4.79 Å². The number of carbonyl (C=O) groups is 2. The van der Waals surface area contributed by atoms with E-state index in [4.69, 9.17) is 0 Å².